The van der Waals surface area contributed by atoms with Crippen molar-refractivity contribution < 1.29 is 4.79 Å². The van der Waals surface area contributed by atoms with Gasteiger partial charge < -0.3 is 15.1 Å². The van der Waals surface area contributed by atoms with Crippen LogP contribution in [0.4, 0.5) is 17.1 Å². The lowest BCUT2D eigenvalue weighted by atomic mass is 10.1. The van der Waals surface area contributed by atoms with Gasteiger partial charge in [0.25, 0.3) is 0 Å². The van der Waals surface area contributed by atoms with Gasteiger partial charge in [-0.25, -0.2) is 0 Å². The quantitative estimate of drug-likeness (QED) is 0.525. The molecule has 2 fully saturated rings. The first-order valence-electron chi connectivity index (χ1n) is 13.5. The Labute approximate surface area is 221 Å². The van der Waals surface area contributed by atoms with Crippen LogP contribution in [0.1, 0.15) is 16.7 Å². The second-order valence-electron chi connectivity index (χ2n) is 10.3. The first-order chi connectivity index (χ1) is 18.0. The Bertz CT molecular complexity index is 1160. The molecule has 2 heterocycles. The molecule has 1 N–H and O–H groups in total. The average molecular weight is 498 g/mol. The first kappa shape index (κ1) is 25.3. The number of carbonyl (C=O) groups is 1. The number of hydrogen-bond acceptors (Lipinski definition) is 5. The van der Waals surface area contributed by atoms with Crippen molar-refractivity contribution in [3.63, 3.8) is 0 Å². The lowest BCUT2D eigenvalue weighted by Gasteiger charge is -2.36. The van der Waals surface area contributed by atoms with Crippen molar-refractivity contribution in [3.05, 3.63) is 89.5 Å². The molecule has 37 heavy (non-hydrogen) atoms. The molecule has 2 aliphatic heterocycles. The molecule has 0 atom stereocenters. The van der Waals surface area contributed by atoms with Crippen molar-refractivity contribution in [1.29, 1.82) is 0 Å². The van der Waals surface area contributed by atoms with Gasteiger partial charge in [0, 0.05) is 76.0 Å². The molecule has 0 bridgehead atoms. The minimum absolute atomic E-state index is 0.0578. The van der Waals surface area contributed by atoms with Gasteiger partial charge in [0.1, 0.15) is 0 Å². The van der Waals surface area contributed by atoms with E-state index in [1.165, 1.54) is 28.1 Å². The average Bonchev–Trinajstić information content (AvgIpc) is 2.92. The topological polar surface area (TPSA) is 42.1 Å². The van der Waals surface area contributed by atoms with E-state index < -0.39 is 0 Å². The largest absolute Gasteiger partial charge is 0.369 e. The van der Waals surface area contributed by atoms with E-state index in [1.54, 1.807) is 0 Å². The summed E-state index contributed by atoms with van der Waals surface area (Å²) < 4.78 is 0. The molecule has 0 saturated carbocycles. The Morgan fingerprint density at radius 2 is 1.35 bits per heavy atom. The van der Waals surface area contributed by atoms with Gasteiger partial charge in [-0.3, -0.25) is 14.6 Å². The van der Waals surface area contributed by atoms with E-state index in [-0.39, 0.29) is 5.91 Å². The molecule has 0 spiro atoms. The minimum atomic E-state index is 0.0578. The number of hydrogen-bond donors (Lipinski definition) is 1. The molecule has 0 radical (unpaired) electrons. The normalized spacial score (nSPS) is 17.1. The Hall–Kier alpha value is -3.35. The third-order valence-electron chi connectivity index (χ3n) is 7.79. The summed E-state index contributed by atoms with van der Waals surface area (Å²) in [4.78, 5) is 22.4. The second kappa shape index (κ2) is 11.8. The fourth-order valence-electron chi connectivity index (χ4n) is 5.39. The van der Waals surface area contributed by atoms with Crippen molar-refractivity contribution in [2.45, 2.75) is 20.4 Å². The molecule has 0 unspecified atom stereocenters. The fourth-order valence-corrected chi connectivity index (χ4v) is 5.39. The standard InChI is InChI=1S/C31H39N5O/c1-25-7-6-10-30(26(25)2)36-21-17-34(18-22-36)24-31(37)32-28-11-13-29(14-12-28)35-19-15-33(16-20-35)23-27-8-4-3-5-9-27/h3-14H,15-24H2,1-2H3,(H,32,37). The predicted octanol–water partition coefficient (Wildman–Crippen LogP) is 4.39. The summed E-state index contributed by atoms with van der Waals surface area (Å²) in [6.07, 6.45) is 0. The van der Waals surface area contributed by atoms with Crippen LogP contribution >= 0.6 is 0 Å². The van der Waals surface area contributed by atoms with E-state index in [0.717, 1.165) is 64.6 Å². The van der Waals surface area contributed by atoms with Crippen LogP contribution in [-0.2, 0) is 11.3 Å². The Kier molecular flexibility index (Phi) is 8.07. The Morgan fingerprint density at radius 3 is 2.05 bits per heavy atom. The minimum Gasteiger partial charge on any atom is -0.369 e. The van der Waals surface area contributed by atoms with E-state index in [9.17, 15) is 4.79 Å². The van der Waals surface area contributed by atoms with Gasteiger partial charge in [0.05, 0.1) is 6.54 Å². The number of benzene rings is 3. The smallest absolute Gasteiger partial charge is 0.238 e. The zero-order valence-corrected chi connectivity index (χ0v) is 22.2. The zero-order valence-electron chi connectivity index (χ0n) is 22.2. The summed E-state index contributed by atoms with van der Waals surface area (Å²) in [6.45, 7) is 13.7. The van der Waals surface area contributed by atoms with Crippen LogP contribution in [-0.4, -0.2) is 74.6 Å². The van der Waals surface area contributed by atoms with Crippen molar-refractivity contribution >= 4 is 23.0 Å². The van der Waals surface area contributed by atoms with Gasteiger partial charge in [-0.05, 0) is 60.9 Å². The summed E-state index contributed by atoms with van der Waals surface area (Å²) in [5.41, 5.74) is 7.47. The van der Waals surface area contributed by atoms with E-state index in [1.807, 2.05) is 12.1 Å². The highest BCUT2D eigenvalue weighted by atomic mass is 16.2. The van der Waals surface area contributed by atoms with E-state index >= 15 is 0 Å². The third-order valence-corrected chi connectivity index (χ3v) is 7.79. The molecule has 6 heteroatoms. The summed E-state index contributed by atoms with van der Waals surface area (Å²) in [5, 5.41) is 3.09. The van der Waals surface area contributed by atoms with Crippen molar-refractivity contribution in [2.24, 2.45) is 0 Å². The van der Waals surface area contributed by atoms with Crippen LogP contribution in [0.25, 0.3) is 0 Å². The van der Waals surface area contributed by atoms with Gasteiger partial charge in [0.2, 0.25) is 5.91 Å². The van der Waals surface area contributed by atoms with Crippen molar-refractivity contribution in [1.82, 2.24) is 9.80 Å². The van der Waals surface area contributed by atoms with Gasteiger partial charge in [-0.2, -0.15) is 0 Å². The van der Waals surface area contributed by atoms with Crippen molar-refractivity contribution in [2.75, 3.05) is 74.0 Å². The molecule has 1 amide bonds. The Morgan fingerprint density at radius 1 is 0.703 bits per heavy atom. The molecule has 2 saturated heterocycles. The highest BCUT2D eigenvalue weighted by molar-refractivity contribution is 5.92. The molecule has 3 aromatic carbocycles. The first-order valence-corrected chi connectivity index (χ1v) is 13.5. The van der Waals surface area contributed by atoms with Crippen LogP contribution in [0.15, 0.2) is 72.8 Å². The van der Waals surface area contributed by atoms with Crippen LogP contribution < -0.4 is 15.1 Å². The maximum absolute atomic E-state index is 12.7. The highest BCUT2D eigenvalue weighted by Gasteiger charge is 2.21. The number of aryl methyl sites for hydroxylation is 1. The number of rotatable bonds is 7. The summed E-state index contributed by atoms with van der Waals surface area (Å²) in [6, 6.07) is 25.5. The van der Waals surface area contributed by atoms with Crippen LogP contribution in [0.2, 0.25) is 0 Å². The number of carbonyl (C=O) groups excluding carboxylic acids is 1. The fraction of sp³-hybridized carbons (Fsp3) is 0.387. The molecule has 194 valence electrons. The monoisotopic (exact) mass is 497 g/mol. The lowest BCUT2D eigenvalue weighted by Crippen LogP contribution is -2.48. The molecule has 3 aromatic rings. The Balaban J connectivity index is 1.05. The third kappa shape index (κ3) is 6.51. The summed E-state index contributed by atoms with van der Waals surface area (Å²) in [5.74, 6) is 0.0578. The number of piperazine rings is 2. The lowest BCUT2D eigenvalue weighted by molar-refractivity contribution is -0.117. The molecule has 2 aliphatic rings. The van der Waals surface area contributed by atoms with E-state index in [0.29, 0.717) is 6.54 Å². The van der Waals surface area contributed by atoms with Gasteiger partial charge in [-0.1, -0.05) is 42.5 Å². The molecular formula is C31H39N5O. The molecule has 5 rings (SSSR count). The number of amides is 1. The number of nitrogens with zero attached hydrogens (tertiary/aromatic N) is 4. The molecule has 0 aromatic heterocycles. The summed E-state index contributed by atoms with van der Waals surface area (Å²) >= 11 is 0. The molecular weight excluding hydrogens is 458 g/mol. The number of nitrogens with one attached hydrogen (secondary N) is 1. The second-order valence-corrected chi connectivity index (χ2v) is 10.3. The van der Waals surface area contributed by atoms with E-state index in [4.69, 9.17) is 0 Å². The predicted molar refractivity (Wildman–Crippen MR) is 154 cm³/mol. The zero-order chi connectivity index (χ0) is 25.6. The summed E-state index contributed by atoms with van der Waals surface area (Å²) in [7, 11) is 0. The molecule has 0 aliphatic carbocycles. The van der Waals surface area contributed by atoms with Crippen LogP contribution in [0.3, 0.4) is 0 Å². The van der Waals surface area contributed by atoms with E-state index in [2.05, 4.69) is 99.4 Å². The maximum Gasteiger partial charge on any atom is 0.238 e. The van der Waals surface area contributed by atoms with Crippen molar-refractivity contribution in [3.8, 4) is 0 Å². The highest BCUT2D eigenvalue weighted by Crippen LogP contribution is 2.24. The van der Waals surface area contributed by atoms with Crippen LogP contribution in [0.5, 0.6) is 0 Å². The number of anilines is 3. The van der Waals surface area contributed by atoms with Gasteiger partial charge >= 0.3 is 0 Å². The molecule has 6 nitrogen and oxygen atoms in total. The van der Waals surface area contributed by atoms with Gasteiger partial charge in [0.15, 0.2) is 0 Å². The van der Waals surface area contributed by atoms with Gasteiger partial charge in [-0.15, -0.1) is 0 Å². The van der Waals surface area contributed by atoms with Crippen LogP contribution in [0, 0.1) is 13.8 Å². The maximum atomic E-state index is 12.7. The SMILES string of the molecule is Cc1cccc(N2CCN(CC(=O)Nc3ccc(N4CCN(Cc5ccccc5)CC4)cc3)CC2)c1C.